The highest BCUT2D eigenvalue weighted by molar-refractivity contribution is 5.98. The van der Waals surface area contributed by atoms with Gasteiger partial charge in [0.15, 0.2) is 6.10 Å². The van der Waals surface area contributed by atoms with Gasteiger partial charge in [0.1, 0.15) is 5.60 Å². The zero-order valence-electron chi connectivity index (χ0n) is 15.7. The van der Waals surface area contributed by atoms with Gasteiger partial charge in [-0.25, -0.2) is 9.59 Å². The van der Waals surface area contributed by atoms with Crippen LogP contribution >= 0.6 is 0 Å². The Morgan fingerprint density at radius 2 is 1.77 bits per heavy atom. The SMILES string of the molecule is C[C@H](OC(=O)C1CCN(C(=O)OC(C)(C)C)CC1)C(=O)N1CCNC1=O. The van der Waals surface area contributed by atoms with Crippen molar-refractivity contribution in [2.45, 2.75) is 52.2 Å². The maximum Gasteiger partial charge on any atom is 0.410 e. The van der Waals surface area contributed by atoms with Crippen molar-refractivity contribution in [2.75, 3.05) is 26.2 Å². The highest BCUT2D eigenvalue weighted by atomic mass is 16.6. The minimum atomic E-state index is -1.02. The van der Waals surface area contributed by atoms with Gasteiger partial charge >= 0.3 is 18.1 Å². The average molecular weight is 369 g/mol. The van der Waals surface area contributed by atoms with E-state index in [0.717, 1.165) is 4.90 Å². The van der Waals surface area contributed by atoms with Gasteiger partial charge in [0.2, 0.25) is 0 Å². The van der Waals surface area contributed by atoms with Crippen molar-refractivity contribution in [3.63, 3.8) is 0 Å². The average Bonchev–Trinajstić information content (AvgIpc) is 2.98. The van der Waals surface area contributed by atoms with E-state index in [-0.39, 0.29) is 12.5 Å². The first kappa shape index (κ1) is 20.0. The highest BCUT2D eigenvalue weighted by Gasteiger charge is 2.35. The maximum atomic E-state index is 12.3. The third-order valence-electron chi connectivity index (χ3n) is 4.24. The number of hydrogen-bond acceptors (Lipinski definition) is 6. The van der Waals surface area contributed by atoms with E-state index in [4.69, 9.17) is 9.47 Å². The second-order valence-electron chi connectivity index (χ2n) is 7.54. The molecule has 0 spiro atoms. The number of nitrogens with one attached hydrogen (secondary N) is 1. The zero-order chi connectivity index (χ0) is 19.5. The summed E-state index contributed by atoms with van der Waals surface area (Å²) in [7, 11) is 0. The predicted octanol–water partition coefficient (Wildman–Crippen LogP) is 1.12. The fourth-order valence-electron chi connectivity index (χ4n) is 2.85. The molecule has 0 aromatic rings. The molecule has 146 valence electrons. The molecule has 0 unspecified atom stereocenters. The Bertz CT molecular complexity index is 578. The molecule has 0 saturated carbocycles. The number of ether oxygens (including phenoxy) is 2. The number of likely N-dealkylation sites (tertiary alicyclic amines) is 1. The van der Waals surface area contributed by atoms with Crippen molar-refractivity contribution in [3.05, 3.63) is 0 Å². The Hall–Kier alpha value is -2.32. The van der Waals surface area contributed by atoms with Crippen LogP contribution in [0.15, 0.2) is 0 Å². The van der Waals surface area contributed by atoms with Crippen LogP contribution in [0.1, 0.15) is 40.5 Å². The molecule has 1 atom stereocenters. The lowest BCUT2D eigenvalue weighted by atomic mass is 9.97. The van der Waals surface area contributed by atoms with Crippen LogP contribution < -0.4 is 5.32 Å². The molecule has 2 fully saturated rings. The molecule has 2 saturated heterocycles. The molecule has 0 aromatic heterocycles. The molecule has 9 nitrogen and oxygen atoms in total. The topological polar surface area (TPSA) is 105 Å². The number of imide groups is 1. The molecule has 1 N–H and O–H groups in total. The molecule has 2 heterocycles. The molecule has 2 aliphatic rings. The van der Waals surface area contributed by atoms with Gasteiger partial charge in [0.05, 0.1) is 5.92 Å². The van der Waals surface area contributed by atoms with Crippen LogP contribution in [0.5, 0.6) is 0 Å². The van der Waals surface area contributed by atoms with Gasteiger partial charge in [0, 0.05) is 26.2 Å². The lowest BCUT2D eigenvalue weighted by molar-refractivity contribution is -0.162. The lowest BCUT2D eigenvalue weighted by Crippen LogP contribution is -2.45. The summed E-state index contributed by atoms with van der Waals surface area (Å²) in [5.74, 6) is -1.38. The van der Waals surface area contributed by atoms with Crippen molar-refractivity contribution >= 4 is 24.0 Å². The van der Waals surface area contributed by atoms with Gasteiger partial charge in [-0.05, 0) is 40.5 Å². The number of carbonyl (C=O) groups is 4. The predicted molar refractivity (Wildman–Crippen MR) is 91.2 cm³/mol. The summed E-state index contributed by atoms with van der Waals surface area (Å²) in [5, 5.41) is 2.53. The summed E-state index contributed by atoms with van der Waals surface area (Å²) in [6.07, 6.45) is -0.519. The first-order valence-electron chi connectivity index (χ1n) is 8.86. The highest BCUT2D eigenvalue weighted by Crippen LogP contribution is 2.21. The summed E-state index contributed by atoms with van der Waals surface area (Å²) >= 11 is 0. The molecule has 0 aromatic carbocycles. The van der Waals surface area contributed by atoms with Gasteiger partial charge in [-0.15, -0.1) is 0 Å². The Balaban J connectivity index is 1.80. The summed E-state index contributed by atoms with van der Waals surface area (Å²) in [4.78, 5) is 50.6. The van der Waals surface area contributed by atoms with Crippen LogP contribution in [-0.4, -0.2) is 71.7 Å². The minimum absolute atomic E-state index is 0.272. The molecule has 4 amide bonds. The normalized spacial score (nSPS) is 19.8. The van der Waals surface area contributed by atoms with Crippen molar-refractivity contribution in [3.8, 4) is 0 Å². The van der Waals surface area contributed by atoms with E-state index in [9.17, 15) is 19.2 Å². The van der Waals surface area contributed by atoms with Crippen molar-refractivity contribution in [1.29, 1.82) is 0 Å². The van der Waals surface area contributed by atoms with Crippen LogP contribution in [0.25, 0.3) is 0 Å². The standard InChI is InChI=1S/C17H27N3O6/c1-11(13(21)20-10-7-18-15(20)23)25-14(22)12-5-8-19(9-6-12)16(24)26-17(2,3)4/h11-12H,5-10H2,1-4H3,(H,18,23)/t11-/m0/s1. The van der Waals surface area contributed by atoms with Crippen LogP contribution in [-0.2, 0) is 19.1 Å². The molecule has 0 aliphatic carbocycles. The van der Waals surface area contributed by atoms with Crippen molar-refractivity contribution in [2.24, 2.45) is 5.92 Å². The molecule has 2 rings (SSSR count). The van der Waals surface area contributed by atoms with Gasteiger partial charge in [0.25, 0.3) is 5.91 Å². The maximum absolute atomic E-state index is 12.3. The Morgan fingerprint density at radius 1 is 1.15 bits per heavy atom. The van der Waals surface area contributed by atoms with Gasteiger partial charge < -0.3 is 19.7 Å². The minimum Gasteiger partial charge on any atom is -0.452 e. The van der Waals surface area contributed by atoms with E-state index in [2.05, 4.69) is 5.32 Å². The molecule has 0 radical (unpaired) electrons. The van der Waals surface area contributed by atoms with E-state index in [1.807, 2.05) is 0 Å². The first-order valence-corrected chi connectivity index (χ1v) is 8.86. The monoisotopic (exact) mass is 369 g/mol. The van der Waals surface area contributed by atoms with Crippen LogP contribution in [0.3, 0.4) is 0 Å². The summed E-state index contributed by atoms with van der Waals surface area (Å²) in [6, 6.07) is -0.469. The number of esters is 1. The van der Waals surface area contributed by atoms with E-state index < -0.39 is 35.7 Å². The molecule has 9 heteroatoms. The largest absolute Gasteiger partial charge is 0.452 e. The molecular weight excluding hydrogens is 342 g/mol. The zero-order valence-corrected chi connectivity index (χ0v) is 15.7. The van der Waals surface area contributed by atoms with E-state index >= 15 is 0 Å². The second-order valence-corrected chi connectivity index (χ2v) is 7.54. The third kappa shape index (κ3) is 5.09. The number of nitrogens with zero attached hydrogens (tertiary/aromatic N) is 2. The van der Waals surface area contributed by atoms with Gasteiger partial charge in [-0.2, -0.15) is 0 Å². The number of carbonyl (C=O) groups excluding carboxylic acids is 4. The van der Waals surface area contributed by atoms with Gasteiger partial charge in [-0.3, -0.25) is 14.5 Å². The third-order valence-corrected chi connectivity index (χ3v) is 4.24. The number of hydrogen-bond donors (Lipinski definition) is 1. The van der Waals surface area contributed by atoms with Crippen LogP contribution in [0.4, 0.5) is 9.59 Å². The fourth-order valence-corrected chi connectivity index (χ4v) is 2.85. The van der Waals surface area contributed by atoms with E-state index in [1.54, 1.807) is 25.7 Å². The Kier molecular flexibility index (Phi) is 6.09. The van der Waals surface area contributed by atoms with Crippen molar-refractivity contribution < 1.29 is 28.7 Å². The van der Waals surface area contributed by atoms with Crippen molar-refractivity contribution in [1.82, 2.24) is 15.1 Å². The van der Waals surface area contributed by atoms with Crippen LogP contribution in [0, 0.1) is 5.92 Å². The van der Waals surface area contributed by atoms with E-state index in [0.29, 0.717) is 32.5 Å². The van der Waals surface area contributed by atoms with Crippen LogP contribution in [0.2, 0.25) is 0 Å². The first-order chi connectivity index (χ1) is 12.1. The fraction of sp³-hybridized carbons (Fsp3) is 0.765. The summed E-state index contributed by atoms with van der Waals surface area (Å²) < 4.78 is 10.6. The summed E-state index contributed by atoms with van der Waals surface area (Å²) in [5.41, 5.74) is -0.565. The molecule has 26 heavy (non-hydrogen) atoms. The number of urea groups is 1. The summed E-state index contributed by atoms with van der Waals surface area (Å²) in [6.45, 7) is 8.32. The second kappa shape index (κ2) is 7.92. The lowest BCUT2D eigenvalue weighted by Gasteiger charge is -2.33. The number of amides is 4. The van der Waals surface area contributed by atoms with Gasteiger partial charge in [-0.1, -0.05) is 0 Å². The van der Waals surface area contributed by atoms with E-state index in [1.165, 1.54) is 6.92 Å². The molecule has 0 bridgehead atoms. The number of rotatable bonds is 3. The quantitative estimate of drug-likeness (QED) is 0.748. The smallest absolute Gasteiger partial charge is 0.410 e. The number of piperidine rings is 1. The Morgan fingerprint density at radius 3 is 2.27 bits per heavy atom. The molecule has 2 aliphatic heterocycles. The Labute approximate surface area is 153 Å². The molecular formula is C17H27N3O6.